The highest BCUT2D eigenvalue weighted by Crippen LogP contribution is 2.20. The fourth-order valence-electron chi connectivity index (χ4n) is 2.61. The summed E-state index contributed by atoms with van der Waals surface area (Å²) in [5.74, 6) is 0. The van der Waals surface area contributed by atoms with Gasteiger partial charge in [0.15, 0.2) is 0 Å². The summed E-state index contributed by atoms with van der Waals surface area (Å²) in [4.78, 5) is 13.2. The van der Waals surface area contributed by atoms with E-state index in [-0.39, 0.29) is 12.6 Å². The van der Waals surface area contributed by atoms with E-state index in [0.717, 1.165) is 5.56 Å². The lowest BCUT2D eigenvalue weighted by Crippen LogP contribution is -2.41. The number of benzene rings is 1. The zero-order valence-corrected chi connectivity index (χ0v) is 12.8. The van der Waals surface area contributed by atoms with Crippen molar-refractivity contribution in [3.63, 3.8) is 0 Å². The molecule has 1 aliphatic rings. The number of anilines is 1. The lowest BCUT2D eigenvalue weighted by Gasteiger charge is -2.18. The van der Waals surface area contributed by atoms with Crippen molar-refractivity contribution in [2.45, 2.75) is 25.2 Å². The molecular formula is C15H20F3N3O2. The first-order chi connectivity index (χ1) is 10.9. The van der Waals surface area contributed by atoms with Crippen LogP contribution in [-0.4, -0.2) is 49.9 Å². The summed E-state index contributed by atoms with van der Waals surface area (Å²) >= 11 is 0. The van der Waals surface area contributed by atoms with Gasteiger partial charge in [-0.05, 0) is 24.1 Å². The number of halogens is 3. The lowest BCUT2D eigenvalue weighted by molar-refractivity contribution is -0.143. The van der Waals surface area contributed by atoms with Gasteiger partial charge in [-0.25, -0.2) is 4.79 Å². The Morgan fingerprint density at radius 1 is 1.43 bits per heavy atom. The molecule has 0 unspecified atom stereocenters. The monoisotopic (exact) mass is 331 g/mol. The van der Waals surface area contributed by atoms with Gasteiger partial charge in [0.05, 0.1) is 13.2 Å². The van der Waals surface area contributed by atoms with Gasteiger partial charge in [-0.3, -0.25) is 4.90 Å². The molecule has 0 spiro atoms. The molecule has 0 bridgehead atoms. The topological polar surface area (TPSA) is 53.6 Å². The number of carbonyl (C=O) groups is 1. The quantitative estimate of drug-likeness (QED) is 0.872. The van der Waals surface area contributed by atoms with Gasteiger partial charge >= 0.3 is 12.2 Å². The Morgan fingerprint density at radius 3 is 2.91 bits per heavy atom. The Bertz CT molecular complexity index is 537. The van der Waals surface area contributed by atoms with Gasteiger partial charge in [0.25, 0.3) is 0 Å². The Balaban J connectivity index is 1.80. The zero-order valence-electron chi connectivity index (χ0n) is 12.8. The maximum absolute atomic E-state index is 12.3. The summed E-state index contributed by atoms with van der Waals surface area (Å²) in [7, 11) is 1.58. The number of nitrogens with zero attached hydrogens (tertiary/aromatic N) is 1. The normalized spacial score (nSPS) is 18.9. The smallest absolute Gasteiger partial charge is 0.380 e. The van der Waals surface area contributed by atoms with E-state index < -0.39 is 18.8 Å². The minimum absolute atomic E-state index is 0.205. The van der Waals surface area contributed by atoms with E-state index in [0.29, 0.717) is 25.3 Å². The Hall–Kier alpha value is -1.80. The van der Waals surface area contributed by atoms with Crippen LogP contribution in [0.3, 0.4) is 0 Å². The predicted octanol–water partition coefficient (Wildman–Crippen LogP) is 2.59. The molecule has 1 saturated heterocycles. The van der Waals surface area contributed by atoms with Crippen LogP contribution in [0.1, 0.15) is 12.0 Å². The second-order valence-electron chi connectivity index (χ2n) is 5.57. The minimum atomic E-state index is -4.21. The Kier molecular flexibility index (Phi) is 5.84. The highest BCUT2D eigenvalue weighted by Gasteiger charge is 2.34. The molecule has 0 aliphatic carbocycles. The number of hydrogen-bond donors (Lipinski definition) is 2. The largest absolute Gasteiger partial charge is 0.401 e. The number of carbonyl (C=O) groups excluding carboxylic acids is 1. The van der Waals surface area contributed by atoms with E-state index >= 15 is 0 Å². The van der Waals surface area contributed by atoms with Crippen molar-refractivity contribution in [2.24, 2.45) is 0 Å². The Morgan fingerprint density at radius 2 is 2.22 bits per heavy atom. The van der Waals surface area contributed by atoms with E-state index in [1.54, 1.807) is 25.3 Å². The van der Waals surface area contributed by atoms with Crippen LogP contribution in [0.5, 0.6) is 0 Å². The predicted molar refractivity (Wildman–Crippen MR) is 80.2 cm³/mol. The summed E-state index contributed by atoms with van der Waals surface area (Å²) in [6, 6.07) is 6.50. The molecule has 8 heteroatoms. The number of methoxy groups -OCH3 is 1. The highest BCUT2D eigenvalue weighted by atomic mass is 19.4. The van der Waals surface area contributed by atoms with E-state index in [9.17, 15) is 18.0 Å². The summed E-state index contributed by atoms with van der Waals surface area (Å²) in [5.41, 5.74) is 1.53. The van der Waals surface area contributed by atoms with Crippen LogP contribution in [0.4, 0.5) is 23.7 Å². The van der Waals surface area contributed by atoms with Gasteiger partial charge in [-0.1, -0.05) is 12.1 Å². The lowest BCUT2D eigenvalue weighted by atomic mass is 10.2. The summed E-state index contributed by atoms with van der Waals surface area (Å²) in [6.45, 7) is 0.0302. The van der Waals surface area contributed by atoms with Gasteiger partial charge in [0.1, 0.15) is 0 Å². The number of alkyl halides is 3. The number of hydrogen-bond acceptors (Lipinski definition) is 3. The van der Waals surface area contributed by atoms with E-state index in [1.807, 2.05) is 6.07 Å². The second kappa shape index (κ2) is 7.65. The molecule has 1 fully saturated rings. The number of nitrogens with one attached hydrogen (secondary N) is 2. The standard InChI is InChI=1S/C15H20F3N3O2/c1-23-9-11-3-2-4-12(7-11)19-14(22)20-13-5-6-21(8-13)10-15(16,17)18/h2-4,7,13H,5-6,8-10H2,1H3,(H2,19,20,22)/t13-/m1/s1. The van der Waals surface area contributed by atoms with Gasteiger partial charge in [-0.2, -0.15) is 13.2 Å². The molecule has 1 aromatic carbocycles. The molecule has 2 N–H and O–H groups in total. The fraction of sp³-hybridized carbons (Fsp3) is 0.533. The molecule has 2 amide bonds. The van der Waals surface area contributed by atoms with Gasteiger partial charge in [0, 0.05) is 31.9 Å². The van der Waals surface area contributed by atoms with Crippen LogP contribution in [0.2, 0.25) is 0 Å². The molecule has 0 saturated carbocycles. The van der Waals surface area contributed by atoms with Gasteiger partial charge in [0.2, 0.25) is 0 Å². The van der Waals surface area contributed by atoms with Crippen molar-refractivity contribution in [3.8, 4) is 0 Å². The average molecular weight is 331 g/mol. The first kappa shape index (κ1) is 17.6. The van der Waals surface area contributed by atoms with E-state index in [1.165, 1.54) is 4.90 Å². The third-order valence-electron chi connectivity index (χ3n) is 3.51. The van der Waals surface area contributed by atoms with Crippen molar-refractivity contribution >= 4 is 11.7 Å². The van der Waals surface area contributed by atoms with Crippen molar-refractivity contribution in [1.29, 1.82) is 0 Å². The van der Waals surface area contributed by atoms with Crippen LogP contribution in [0, 0.1) is 0 Å². The fourth-order valence-corrected chi connectivity index (χ4v) is 2.61. The van der Waals surface area contributed by atoms with E-state index in [2.05, 4.69) is 10.6 Å². The minimum Gasteiger partial charge on any atom is -0.380 e. The molecule has 1 aromatic rings. The average Bonchev–Trinajstić information content (AvgIpc) is 2.84. The molecule has 2 rings (SSSR count). The maximum atomic E-state index is 12.3. The summed E-state index contributed by atoms with van der Waals surface area (Å²) in [5, 5.41) is 5.39. The molecular weight excluding hydrogens is 311 g/mol. The molecule has 0 radical (unpaired) electrons. The van der Waals surface area contributed by atoms with Crippen molar-refractivity contribution in [3.05, 3.63) is 29.8 Å². The van der Waals surface area contributed by atoms with Gasteiger partial charge < -0.3 is 15.4 Å². The zero-order chi connectivity index (χ0) is 16.9. The van der Waals surface area contributed by atoms with Crippen LogP contribution in [-0.2, 0) is 11.3 Å². The van der Waals surface area contributed by atoms with Crippen LogP contribution >= 0.6 is 0 Å². The third kappa shape index (κ3) is 6.07. The Labute approximate surface area is 132 Å². The number of likely N-dealkylation sites (tertiary alicyclic amines) is 1. The number of amides is 2. The van der Waals surface area contributed by atoms with Crippen molar-refractivity contribution in [2.75, 3.05) is 32.1 Å². The molecule has 1 atom stereocenters. The highest BCUT2D eigenvalue weighted by molar-refractivity contribution is 5.89. The van der Waals surface area contributed by atoms with Gasteiger partial charge in [-0.15, -0.1) is 0 Å². The third-order valence-corrected chi connectivity index (χ3v) is 3.51. The summed E-state index contributed by atoms with van der Waals surface area (Å²) in [6.07, 6.45) is -3.70. The van der Waals surface area contributed by atoms with E-state index in [4.69, 9.17) is 4.74 Å². The maximum Gasteiger partial charge on any atom is 0.401 e. The van der Waals surface area contributed by atoms with Crippen LogP contribution in [0.15, 0.2) is 24.3 Å². The molecule has 1 heterocycles. The van der Waals surface area contributed by atoms with Crippen LogP contribution in [0.25, 0.3) is 0 Å². The van der Waals surface area contributed by atoms with Crippen molar-refractivity contribution < 1.29 is 22.7 Å². The SMILES string of the molecule is COCc1cccc(NC(=O)N[C@@H]2CCN(CC(F)(F)F)C2)c1. The number of rotatable bonds is 5. The second-order valence-corrected chi connectivity index (χ2v) is 5.57. The first-order valence-electron chi connectivity index (χ1n) is 7.30. The molecule has 23 heavy (non-hydrogen) atoms. The summed E-state index contributed by atoms with van der Waals surface area (Å²) < 4.78 is 42.0. The number of ether oxygens (including phenoxy) is 1. The van der Waals surface area contributed by atoms with Crippen molar-refractivity contribution in [1.82, 2.24) is 10.2 Å². The molecule has 5 nitrogen and oxygen atoms in total. The molecule has 128 valence electrons. The first-order valence-corrected chi connectivity index (χ1v) is 7.30. The number of urea groups is 1. The van der Waals surface area contributed by atoms with Crippen LogP contribution < -0.4 is 10.6 Å². The molecule has 1 aliphatic heterocycles. The molecule has 0 aromatic heterocycles.